The van der Waals surface area contributed by atoms with Crippen molar-refractivity contribution in [2.24, 2.45) is 12.8 Å². The second-order valence-electron chi connectivity index (χ2n) is 10.6. The first-order valence-corrected chi connectivity index (χ1v) is 14.2. The van der Waals surface area contributed by atoms with Crippen LogP contribution >= 0.6 is 23.2 Å². The number of ether oxygens (including phenoxy) is 1. The van der Waals surface area contributed by atoms with E-state index in [0.29, 0.717) is 24.2 Å². The van der Waals surface area contributed by atoms with Crippen molar-refractivity contribution in [3.8, 4) is 22.6 Å². The summed E-state index contributed by atoms with van der Waals surface area (Å²) < 4.78 is 22.7. The number of aldehydes is 1. The van der Waals surface area contributed by atoms with Crippen LogP contribution < -0.4 is 10.5 Å². The third-order valence-electron chi connectivity index (χ3n) is 8.26. The van der Waals surface area contributed by atoms with Crippen molar-refractivity contribution in [3.63, 3.8) is 0 Å². The number of carbonyl (C=O) groups is 2. The molecule has 3 aromatic carbocycles. The number of phenolic OH excluding ortho intramolecular Hbond substituents is 1. The average molecular weight is 609 g/mol. The summed E-state index contributed by atoms with van der Waals surface area (Å²) in [5.41, 5.74) is 11.5. The van der Waals surface area contributed by atoms with Gasteiger partial charge in [-0.1, -0.05) is 59.6 Å². The number of aromatic nitrogens is 2. The van der Waals surface area contributed by atoms with E-state index in [1.807, 2.05) is 43.4 Å². The minimum Gasteiger partial charge on any atom is -0.504 e. The van der Waals surface area contributed by atoms with Crippen molar-refractivity contribution in [1.82, 2.24) is 14.5 Å². The third kappa shape index (κ3) is 4.43. The van der Waals surface area contributed by atoms with Crippen molar-refractivity contribution >= 4 is 35.4 Å². The first-order chi connectivity index (χ1) is 20.1. The van der Waals surface area contributed by atoms with Gasteiger partial charge >= 0.3 is 0 Å². The SMILES string of the molecule is CN1CCc2c(nc(C(N)=O)n2C)C1c1cccc(-c2cccc3c2CCC3Oc2c(Cl)cc(C=O)c(O)c2F)c1Cl. The summed E-state index contributed by atoms with van der Waals surface area (Å²) in [6, 6.07) is 12.6. The van der Waals surface area contributed by atoms with E-state index in [0.717, 1.165) is 52.2 Å². The van der Waals surface area contributed by atoms with Gasteiger partial charge in [-0.15, -0.1) is 0 Å². The molecule has 8 nitrogen and oxygen atoms in total. The Labute approximate surface area is 251 Å². The van der Waals surface area contributed by atoms with Gasteiger partial charge in [0.05, 0.1) is 27.3 Å². The van der Waals surface area contributed by atoms with E-state index in [-0.39, 0.29) is 28.2 Å². The Morgan fingerprint density at radius 2 is 1.86 bits per heavy atom. The molecule has 0 bridgehead atoms. The summed E-state index contributed by atoms with van der Waals surface area (Å²) in [6.45, 7) is 0.748. The second-order valence-corrected chi connectivity index (χ2v) is 11.4. The molecule has 11 heteroatoms. The second kappa shape index (κ2) is 10.7. The smallest absolute Gasteiger partial charge is 0.284 e. The fourth-order valence-corrected chi connectivity index (χ4v) is 6.78. The molecule has 42 heavy (non-hydrogen) atoms. The number of rotatable bonds is 6. The van der Waals surface area contributed by atoms with Crippen molar-refractivity contribution in [2.45, 2.75) is 31.4 Å². The highest BCUT2D eigenvalue weighted by Crippen LogP contribution is 2.46. The van der Waals surface area contributed by atoms with Gasteiger partial charge in [0.2, 0.25) is 5.82 Å². The first-order valence-electron chi connectivity index (χ1n) is 13.4. The van der Waals surface area contributed by atoms with Crippen molar-refractivity contribution < 1.29 is 23.8 Å². The molecule has 2 atom stereocenters. The number of nitrogens with two attached hydrogens (primary N) is 1. The van der Waals surface area contributed by atoms with Crippen LogP contribution in [-0.4, -0.2) is 45.3 Å². The fraction of sp³-hybridized carbons (Fsp3) is 0.258. The third-order valence-corrected chi connectivity index (χ3v) is 8.96. The number of amides is 1. The molecular weight excluding hydrogens is 582 g/mol. The number of halogens is 3. The van der Waals surface area contributed by atoms with Crippen LogP contribution in [0.15, 0.2) is 42.5 Å². The molecule has 2 aliphatic rings. The van der Waals surface area contributed by atoms with Crippen LogP contribution in [-0.2, 0) is 19.9 Å². The van der Waals surface area contributed by atoms with Crippen molar-refractivity contribution in [2.75, 3.05) is 13.6 Å². The van der Waals surface area contributed by atoms with Gasteiger partial charge in [0, 0.05) is 31.3 Å². The lowest BCUT2D eigenvalue weighted by atomic mass is 9.91. The van der Waals surface area contributed by atoms with Crippen LogP contribution in [0.25, 0.3) is 11.1 Å². The maximum atomic E-state index is 14.9. The van der Waals surface area contributed by atoms with Crippen LogP contribution in [0.3, 0.4) is 0 Å². The number of likely N-dealkylation sites (N-methyl/N-ethyl adjacent to an activating group) is 1. The number of imidazole rings is 1. The zero-order chi connectivity index (χ0) is 29.9. The maximum Gasteiger partial charge on any atom is 0.284 e. The molecule has 4 aromatic rings. The molecule has 2 heterocycles. The Kier molecular flexibility index (Phi) is 7.21. The molecule has 216 valence electrons. The topological polar surface area (TPSA) is 111 Å². The normalized spacial score (nSPS) is 18.0. The van der Waals surface area contributed by atoms with E-state index in [4.69, 9.17) is 33.7 Å². The number of nitrogens with zero attached hydrogens (tertiary/aromatic N) is 3. The Morgan fingerprint density at radius 3 is 2.57 bits per heavy atom. The molecule has 1 amide bonds. The lowest BCUT2D eigenvalue weighted by molar-refractivity contribution is 0.0986. The van der Waals surface area contributed by atoms with Crippen LogP contribution in [0.5, 0.6) is 11.5 Å². The molecule has 0 saturated carbocycles. The molecule has 0 saturated heterocycles. The number of phenols is 1. The van der Waals surface area contributed by atoms with Gasteiger partial charge in [0.25, 0.3) is 5.91 Å². The summed E-state index contributed by atoms with van der Waals surface area (Å²) in [5, 5.41) is 10.5. The predicted molar refractivity (Wildman–Crippen MR) is 157 cm³/mol. The van der Waals surface area contributed by atoms with Crippen LogP contribution in [0.4, 0.5) is 4.39 Å². The zero-order valence-corrected chi connectivity index (χ0v) is 24.3. The van der Waals surface area contributed by atoms with Gasteiger partial charge in [0.1, 0.15) is 6.10 Å². The Hall–Kier alpha value is -3.92. The minimum atomic E-state index is -1.07. The molecule has 0 spiro atoms. The van der Waals surface area contributed by atoms with Crippen LogP contribution in [0.1, 0.15) is 67.6 Å². The summed E-state index contributed by atoms with van der Waals surface area (Å²) in [7, 11) is 3.80. The molecule has 1 aliphatic carbocycles. The lowest BCUT2D eigenvalue weighted by Crippen LogP contribution is -2.33. The maximum absolute atomic E-state index is 14.9. The number of benzene rings is 3. The van der Waals surface area contributed by atoms with Crippen LogP contribution in [0.2, 0.25) is 10.0 Å². The molecule has 2 unspecified atom stereocenters. The van der Waals surface area contributed by atoms with E-state index in [1.54, 1.807) is 11.6 Å². The number of aromatic hydroxyl groups is 1. The Balaban J connectivity index is 1.39. The fourth-order valence-electron chi connectivity index (χ4n) is 6.20. The van der Waals surface area contributed by atoms with E-state index < -0.39 is 23.6 Å². The Morgan fingerprint density at radius 1 is 1.14 bits per heavy atom. The van der Waals surface area contributed by atoms with E-state index in [9.17, 15) is 19.1 Å². The summed E-state index contributed by atoms with van der Waals surface area (Å²) in [6.07, 6.45) is 1.73. The van der Waals surface area contributed by atoms with Gasteiger partial charge in [-0.25, -0.2) is 4.98 Å². The molecule has 0 radical (unpaired) electrons. The number of carbonyl (C=O) groups excluding carboxylic acids is 2. The van der Waals surface area contributed by atoms with Crippen molar-refractivity contribution in [1.29, 1.82) is 0 Å². The van der Waals surface area contributed by atoms with Gasteiger partial charge < -0.3 is 20.1 Å². The van der Waals surface area contributed by atoms with E-state index in [2.05, 4.69) is 9.88 Å². The van der Waals surface area contributed by atoms with Crippen LogP contribution in [0, 0.1) is 5.82 Å². The molecule has 1 aromatic heterocycles. The highest BCUT2D eigenvalue weighted by Gasteiger charge is 2.35. The quantitative estimate of drug-likeness (QED) is 0.268. The molecule has 0 fully saturated rings. The highest BCUT2D eigenvalue weighted by atomic mass is 35.5. The number of fused-ring (bicyclic) bond motifs is 2. The largest absolute Gasteiger partial charge is 0.504 e. The van der Waals surface area contributed by atoms with Crippen molar-refractivity contribution in [3.05, 3.63) is 97.8 Å². The Bertz CT molecular complexity index is 1770. The summed E-state index contributed by atoms with van der Waals surface area (Å²) >= 11 is 13.4. The lowest BCUT2D eigenvalue weighted by Gasteiger charge is -2.33. The first kappa shape index (κ1) is 28.2. The molecular formula is C31H27Cl2FN4O4. The number of hydrogen-bond donors (Lipinski definition) is 2. The summed E-state index contributed by atoms with van der Waals surface area (Å²) in [4.78, 5) is 30.0. The minimum absolute atomic E-state index is 0.0993. The average Bonchev–Trinajstić information content (AvgIpc) is 3.54. The van der Waals surface area contributed by atoms with Gasteiger partial charge in [-0.05, 0) is 48.2 Å². The summed E-state index contributed by atoms with van der Waals surface area (Å²) in [5.74, 6) is -2.54. The van der Waals surface area contributed by atoms with E-state index >= 15 is 0 Å². The molecule has 1 aliphatic heterocycles. The standard InChI is InChI=1S/C31H27Cl2FN4O4/c1-37-12-11-22-26(36-31(30(35)41)38(22)2)27(37)20-8-4-7-19(24(20)33)16-5-3-6-18-17(16)9-10-23(18)42-29-21(32)13-15(14-39)28(40)25(29)34/h3-8,13-14,23,27,40H,9-12H2,1-2H3,(H2,35,41). The van der Waals surface area contributed by atoms with E-state index in [1.165, 1.54) is 6.07 Å². The predicted octanol–water partition coefficient (Wildman–Crippen LogP) is 5.79. The highest BCUT2D eigenvalue weighted by molar-refractivity contribution is 6.34. The van der Waals surface area contributed by atoms with Gasteiger partial charge in [-0.3, -0.25) is 14.5 Å². The molecule has 3 N–H and O–H groups in total. The monoisotopic (exact) mass is 608 g/mol. The zero-order valence-electron chi connectivity index (χ0n) is 22.8. The number of hydrogen-bond acceptors (Lipinski definition) is 6. The number of primary amides is 1. The molecule has 6 rings (SSSR count). The van der Waals surface area contributed by atoms with Gasteiger partial charge in [-0.2, -0.15) is 4.39 Å². The van der Waals surface area contributed by atoms with Gasteiger partial charge in [0.15, 0.2) is 23.6 Å².